The molecule has 0 amide bonds. The highest BCUT2D eigenvalue weighted by Gasteiger charge is 2.21. The Labute approximate surface area is 118 Å². The molecule has 0 bridgehead atoms. The third kappa shape index (κ3) is 2.62. The van der Waals surface area contributed by atoms with Gasteiger partial charge in [-0.25, -0.2) is 8.42 Å². The number of benzene rings is 1. The van der Waals surface area contributed by atoms with Crippen LogP contribution < -0.4 is 10.5 Å². The van der Waals surface area contributed by atoms with Crippen LogP contribution in [-0.4, -0.2) is 18.2 Å². The second-order valence-corrected chi connectivity index (χ2v) is 6.24. The van der Waals surface area contributed by atoms with Crippen LogP contribution in [0.2, 0.25) is 0 Å². The molecule has 0 fully saturated rings. The number of sulfonamides is 1. The lowest BCUT2D eigenvalue weighted by molar-refractivity contribution is 0.601. The monoisotopic (exact) mass is 294 g/mol. The van der Waals surface area contributed by atoms with Gasteiger partial charge in [-0.05, 0) is 38.0 Å². The Morgan fingerprint density at radius 3 is 2.65 bits per heavy atom. The lowest BCUT2D eigenvalue weighted by atomic mass is 10.1. The number of anilines is 2. The fourth-order valence-corrected chi connectivity index (χ4v) is 3.42. The second-order valence-electron chi connectivity index (χ2n) is 4.62. The van der Waals surface area contributed by atoms with E-state index in [0.29, 0.717) is 17.8 Å². The van der Waals surface area contributed by atoms with Crippen molar-refractivity contribution >= 4 is 21.4 Å². The summed E-state index contributed by atoms with van der Waals surface area (Å²) >= 11 is 0. The molecule has 2 rings (SSSR count). The van der Waals surface area contributed by atoms with E-state index in [0.717, 1.165) is 5.56 Å². The van der Waals surface area contributed by atoms with Gasteiger partial charge in [-0.15, -0.1) is 0 Å². The maximum atomic E-state index is 12.5. The van der Waals surface area contributed by atoms with Gasteiger partial charge >= 0.3 is 0 Å². The van der Waals surface area contributed by atoms with Gasteiger partial charge in [0.1, 0.15) is 4.90 Å². The van der Waals surface area contributed by atoms with Crippen LogP contribution in [0.15, 0.2) is 29.4 Å². The smallest absolute Gasteiger partial charge is 0.264 e. The molecule has 0 unspecified atom stereocenters. The van der Waals surface area contributed by atoms with E-state index >= 15 is 0 Å². The minimum Gasteiger partial charge on any atom is -0.398 e. The molecule has 1 aromatic carbocycles. The molecule has 2 aromatic rings. The van der Waals surface area contributed by atoms with Crippen LogP contribution in [0.25, 0.3) is 0 Å². The summed E-state index contributed by atoms with van der Waals surface area (Å²) in [7, 11) is -3.72. The van der Waals surface area contributed by atoms with Gasteiger partial charge in [-0.3, -0.25) is 9.40 Å². The number of nitrogens with zero attached hydrogens (tertiary/aromatic N) is 2. The normalized spacial score (nSPS) is 11.6. The summed E-state index contributed by atoms with van der Waals surface area (Å²) in [6.07, 6.45) is 3.11. The van der Waals surface area contributed by atoms with E-state index in [1.54, 1.807) is 29.9 Å². The van der Waals surface area contributed by atoms with Gasteiger partial charge < -0.3 is 5.73 Å². The molecule has 1 aromatic heterocycles. The van der Waals surface area contributed by atoms with Crippen LogP contribution in [-0.2, 0) is 16.6 Å². The molecule has 0 aliphatic rings. The van der Waals surface area contributed by atoms with Gasteiger partial charge in [-0.1, -0.05) is 6.07 Å². The van der Waals surface area contributed by atoms with E-state index in [9.17, 15) is 8.42 Å². The molecule has 20 heavy (non-hydrogen) atoms. The Morgan fingerprint density at radius 2 is 2.05 bits per heavy atom. The molecule has 7 heteroatoms. The van der Waals surface area contributed by atoms with Gasteiger partial charge in [0.15, 0.2) is 0 Å². The fourth-order valence-electron chi connectivity index (χ4n) is 1.96. The van der Waals surface area contributed by atoms with Crippen molar-refractivity contribution in [3.63, 3.8) is 0 Å². The molecule has 1 heterocycles. The van der Waals surface area contributed by atoms with E-state index in [2.05, 4.69) is 9.82 Å². The molecular weight excluding hydrogens is 276 g/mol. The summed E-state index contributed by atoms with van der Waals surface area (Å²) < 4.78 is 29.1. The first kappa shape index (κ1) is 14.4. The molecule has 0 radical (unpaired) electrons. The number of hydrogen-bond acceptors (Lipinski definition) is 4. The number of nitrogens with two attached hydrogens (primary N) is 1. The molecule has 3 N–H and O–H groups in total. The number of nitrogen functional groups attached to an aromatic ring is 1. The lowest BCUT2D eigenvalue weighted by Gasteiger charge is -2.13. The average Bonchev–Trinajstić information content (AvgIpc) is 2.81. The van der Waals surface area contributed by atoms with Crippen molar-refractivity contribution in [3.8, 4) is 0 Å². The molecular formula is C13H18N4O2S. The predicted octanol–water partition coefficient (Wildman–Crippen LogP) is 1.90. The number of aryl methyl sites for hydroxylation is 2. The van der Waals surface area contributed by atoms with Gasteiger partial charge in [-0.2, -0.15) is 5.10 Å². The van der Waals surface area contributed by atoms with Crippen LogP contribution in [0.4, 0.5) is 11.4 Å². The molecule has 0 saturated heterocycles. The highest BCUT2D eigenvalue weighted by atomic mass is 32.2. The van der Waals surface area contributed by atoms with Crippen LogP contribution in [0.3, 0.4) is 0 Å². The molecule has 0 saturated carbocycles. The predicted molar refractivity (Wildman–Crippen MR) is 79.0 cm³/mol. The molecule has 0 spiro atoms. The minimum atomic E-state index is -3.72. The Balaban J connectivity index is 2.43. The van der Waals surface area contributed by atoms with Crippen molar-refractivity contribution < 1.29 is 8.42 Å². The summed E-state index contributed by atoms with van der Waals surface area (Å²) in [4.78, 5) is 0.127. The Hall–Kier alpha value is -2.02. The molecule has 6 nitrogen and oxygen atoms in total. The van der Waals surface area contributed by atoms with Crippen LogP contribution >= 0.6 is 0 Å². The van der Waals surface area contributed by atoms with E-state index in [1.807, 2.05) is 13.8 Å². The highest BCUT2D eigenvalue weighted by Crippen LogP contribution is 2.27. The van der Waals surface area contributed by atoms with Gasteiger partial charge in [0.25, 0.3) is 10.0 Å². The lowest BCUT2D eigenvalue weighted by Crippen LogP contribution is -2.16. The number of hydrogen-bond donors (Lipinski definition) is 2. The maximum Gasteiger partial charge on any atom is 0.264 e. The van der Waals surface area contributed by atoms with Crippen molar-refractivity contribution in [1.29, 1.82) is 0 Å². The number of nitrogens with one attached hydrogen (secondary N) is 1. The fraction of sp³-hybridized carbons (Fsp3) is 0.308. The molecule has 0 atom stereocenters. The first-order chi connectivity index (χ1) is 9.35. The second kappa shape index (κ2) is 5.16. The van der Waals surface area contributed by atoms with E-state index in [-0.39, 0.29) is 10.6 Å². The Bertz CT molecular complexity index is 735. The maximum absolute atomic E-state index is 12.5. The third-order valence-electron chi connectivity index (χ3n) is 3.19. The number of rotatable bonds is 4. The molecule has 108 valence electrons. The Morgan fingerprint density at radius 1 is 1.35 bits per heavy atom. The van der Waals surface area contributed by atoms with Crippen molar-refractivity contribution in [3.05, 3.63) is 35.7 Å². The van der Waals surface area contributed by atoms with Gasteiger partial charge in [0, 0.05) is 12.7 Å². The van der Waals surface area contributed by atoms with Crippen molar-refractivity contribution in [2.24, 2.45) is 0 Å². The van der Waals surface area contributed by atoms with Crippen LogP contribution in [0, 0.1) is 13.8 Å². The van der Waals surface area contributed by atoms with Crippen molar-refractivity contribution in [2.45, 2.75) is 32.2 Å². The summed E-state index contributed by atoms with van der Waals surface area (Å²) in [5, 5.41) is 4.03. The largest absolute Gasteiger partial charge is 0.398 e. The topological polar surface area (TPSA) is 90.0 Å². The third-order valence-corrected chi connectivity index (χ3v) is 4.77. The van der Waals surface area contributed by atoms with Crippen molar-refractivity contribution in [2.75, 3.05) is 10.5 Å². The van der Waals surface area contributed by atoms with Gasteiger partial charge in [0.2, 0.25) is 0 Å². The highest BCUT2D eigenvalue weighted by molar-refractivity contribution is 7.93. The SMILES string of the molecule is CCn1cc(NS(=O)(=O)c2c(N)ccc(C)c2C)cn1. The van der Waals surface area contributed by atoms with E-state index in [1.165, 1.54) is 6.20 Å². The summed E-state index contributed by atoms with van der Waals surface area (Å²) in [6.45, 7) is 6.19. The van der Waals surface area contributed by atoms with Crippen molar-refractivity contribution in [1.82, 2.24) is 9.78 Å². The Kier molecular flexibility index (Phi) is 3.71. The summed E-state index contributed by atoms with van der Waals surface area (Å²) in [5.41, 5.74) is 8.02. The zero-order valence-electron chi connectivity index (χ0n) is 11.7. The summed E-state index contributed by atoms with van der Waals surface area (Å²) in [5.74, 6) is 0. The van der Waals surface area contributed by atoms with E-state index < -0.39 is 10.0 Å². The first-order valence-corrected chi connectivity index (χ1v) is 7.74. The standard InChI is InChI=1S/C13H18N4O2S/c1-4-17-8-11(7-15-17)16-20(18,19)13-10(3)9(2)5-6-12(13)14/h5-8,16H,4,14H2,1-3H3. The van der Waals surface area contributed by atoms with Gasteiger partial charge in [0.05, 0.1) is 17.6 Å². The quantitative estimate of drug-likeness (QED) is 0.843. The minimum absolute atomic E-state index is 0.127. The molecule has 0 aliphatic heterocycles. The first-order valence-electron chi connectivity index (χ1n) is 6.26. The zero-order valence-corrected chi connectivity index (χ0v) is 12.5. The zero-order chi connectivity index (χ0) is 14.9. The van der Waals surface area contributed by atoms with Crippen LogP contribution in [0.5, 0.6) is 0 Å². The average molecular weight is 294 g/mol. The van der Waals surface area contributed by atoms with E-state index in [4.69, 9.17) is 5.73 Å². The molecule has 0 aliphatic carbocycles. The van der Waals surface area contributed by atoms with Crippen LogP contribution in [0.1, 0.15) is 18.1 Å². The number of aromatic nitrogens is 2. The summed E-state index contributed by atoms with van der Waals surface area (Å²) in [6, 6.07) is 3.41.